The number of nitrogens with one attached hydrogen (secondary N) is 1. The summed E-state index contributed by atoms with van der Waals surface area (Å²) in [5.74, 6) is -0.715. The minimum atomic E-state index is -0.589. The number of pyridine rings is 1. The lowest BCUT2D eigenvalue weighted by Crippen LogP contribution is -2.49. The van der Waals surface area contributed by atoms with Crippen LogP contribution in [0.3, 0.4) is 0 Å². The molecule has 0 bridgehead atoms. The van der Waals surface area contributed by atoms with E-state index in [0.717, 1.165) is 37.7 Å². The van der Waals surface area contributed by atoms with Gasteiger partial charge in [0.05, 0.1) is 17.4 Å². The summed E-state index contributed by atoms with van der Waals surface area (Å²) in [6, 6.07) is 4.67. The van der Waals surface area contributed by atoms with Gasteiger partial charge in [-0.25, -0.2) is 14.0 Å². The maximum absolute atomic E-state index is 16.2. The van der Waals surface area contributed by atoms with E-state index in [1.807, 2.05) is 26.8 Å². The van der Waals surface area contributed by atoms with E-state index in [9.17, 15) is 14.4 Å². The van der Waals surface area contributed by atoms with Crippen molar-refractivity contribution in [1.29, 1.82) is 0 Å². The zero-order chi connectivity index (χ0) is 26.4. The van der Waals surface area contributed by atoms with Crippen LogP contribution in [0, 0.1) is 11.2 Å². The first-order valence-electron chi connectivity index (χ1n) is 12.9. The second-order valence-corrected chi connectivity index (χ2v) is 11.3. The summed E-state index contributed by atoms with van der Waals surface area (Å²) < 4.78 is 21.9. The zero-order valence-corrected chi connectivity index (χ0v) is 21.6. The highest BCUT2D eigenvalue weighted by Gasteiger charge is 2.43. The number of imide groups is 1. The molecule has 2 fully saturated rings. The van der Waals surface area contributed by atoms with E-state index in [1.54, 1.807) is 23.1 Å². The Kier molecular flexibility index (Phi) is 6.41. The van der Waals surface area contributed by atoms with Crippen LogP contribution >= 0.6 is 0 Å². The summed E-state index contributed by atoms with van der Waals surface area (Å²) in [5.41, 5.74) is 1.43. The molecule has 1 aromatic heterocycles. The molecule has 37 heavy (non-hydrogen) atoms. The van der Waals surface area contributed by atoms with Crippen molar-refractivity contribution in [2.75, 3.05) is 24.5 Å². The number of rotatable bonds is 2. The molecule has 4 amide bonds. The molecule has 0 atom stereocenters. The van der Waals surface area contributed by atoms with E-state index in [1.165, 1.54) is 11.1 Å². The van der Waals surface area contributed by atoms with E-state index in [4.69, 9.17) is 4.74 Å². The molecule has 1 N–H and O–H groups in total. The number of ether oxygens (including phenoxy) is 1. The van der Waals surface area contributed by atoms with Gasteiger partial charge in [0.25, 0.3) is 0 Å². The number of fused-ring (bicyclic) bond motifs is 1. The van der Waals surface area contributed by atoms with Crippen molar-refractivity contribution in [2.45, 2.75) is 64.9 Å². The van der Waals surface area contributed by atoms with Crippen molar-refractivity contribution < 1.29 is 23.5 Å². The predicted octanol–water partition coefficient (Wildman–Crippen LogP) is 5.40. The second kappa shape index (κ2) is 9.43. The fourth-order valence-corrected chi connectivity index (χ4v) is 5.77. The van der Waals surface area contributed by atoms with Crippen LogP contribution in [0.15, 0.2) is 30.5 Å². The molecule has 1 saturated carbocycles. The van der Waals surface area contributed by atoms with Crippen LogP contribution in [0.1, 0.15) is 64.9 Å². The first-order chi connectivity index (χ1) is 17.6. The van der Waals surface area contributed by atoms with E-state index >= 15 is 4.39 Å². The molecular weight excluding hydrogens is 475 g/mol. The maximum Gasteiger partial charge on any atom is 0.410 e. The molecule has 2 aliphatic heterocycles. The minimum Gasteiger partial charge on any atom is -0.444 e. The van der Waals surface area contributed by atoms with Gasteiger partial charge in [-0.05, 0) is 57.4 Å². The van der Waals surface area contributed by atoms with Crippen LogP contribution < -0.4 is 10.2 Å². The SMILES string of the molecule is CC(C)(C)OC(=O)N1CC=C(c2ccc3ncc(N4CCC(=O)NC4=O)cc3c2F)C2(CCCCC2)C1. The fraction of sp³-hybridized carbons (Fsp3) is 0.500. The predicted molar refractivity (Wildman–Crippen MR) is 139 cm³/mol. The van der Waals surface area contributed by atoms with Crippen LogP contribution in [0.25, 0.3) is 16.5 Å². The third-order valence-electron chi connectivity index (χ3n) is 7.48. The van der Waals surface area contributed by atoms with Gasteiger partial charge >= 0.3 is 12.1 Å². The molecule has 3 aliphatic rings. The molecule has 1 spiro atoms. The highest BCUT2D eigenvalue weighted by Crippen LogP contribution is 2.50. The van der Waals surface area contributed by atoms with Gasteiger partial charge in [0.15, 0.2) is 0 Å². The van der Waals surface area contributed by atoms with Gasteiger partial charge in [0.2, 0.25) is 5.91 Å². The minimum absolute atomic E-state index is 0.176. The van der Waals surface area contributed by atoms with Crippen LogP contribution in [0.5, 0.6) is 0 Å². The number of carbonyl (C=O) groups is 3. The van der Waals surface area contributed by atoms with Gasteiger partial charge in [0, 0.05) is 42.4 Å². The number of halogens is 1. The van der Waals surface area contributed by atoms with Gasteiger partial charge in [-0.15, -0.1) is 0 Å². The lowest BCUT2D eigenvalue weighted by molar-refractivity contribution is -0.120. The Morgan fingerprint density at radius 2 is 1.92 bits per heavy atom. The first-order valence-corrected chi connectivity index (χ1v) is 12.9. The molecule has 0 unspecified atom stereocenters. The summed E-state index contributed by atoms with van der Waals surface area (Å²) in [4.78, 5) is 44.3. The van der Waals surface area contributed by atoms with Crippen molar-refractivity contribution in [3.05, 3.63) is 41.9 Å². The van der Waals surface area contributed by atoms with Crippen molar-refractivity contribution >= 4 is 40.2 Å². The van der Waals surface area contributed by atoms with Crippen LogP contribution in [0.2, 0.25) is 0 Å². The average Bonchev–Trinajstić information content (AvgIpc) is 2.84. The van der Waals surface area contributed by atoms with E-state index in [0.29, 0.717) is 35.2 Å². The second-order valence-electron chi connectivity index (χ2n) is 11.3. The van der Waals surface area contributed by atoms with Crippen LogP contribution in [-0.2, 0) is 9.53 Å². The number of benzene rings is 1. The number of urea groups is 1. The monoisotopic (exact) mass is 508 g/mol. The van der Waals surface area contributed by atoms with Crippen molar-refractivity contribution in [2.24, 2.45) is 5.41 Å². The van der Waals surface area contributed by atoms with Crippen molar-refractivity contribution in [3.63, 3.8) is 0 Å². The Bertz CT molecular complexity index is 1290. The summed E-state index contributed by atoms with van der Waals surface area (Å²) in [6.07, 6.45) is 8.23. The number of hydrogen-bond acceptors (Lipinski definition) is 5. The first kappa shape index (κ1) is 25.2. The molecular formula is C28H33FN4O4. The highest BCUT2D eigenvalue weighted by atomic mass is 19.1. The standard InChI is InChI=1S/C28H33FN4O4/c1-27(2,3)37-26(36)32-13-9-21(28(17-32)11-5-4-6-12-28)19-7-8-22-20(24(19)29)15-18(16-30-22)33-14-10-23(34)31-25(33)35/h7-9,15-16H,4-6,10-14,17H2,1-3H3,(H,31,34,35). The van der Waals surface area contributed by atoms with Crippen LogP contribution in [0.4, 0.5) is 19.7 Å². The fourth-order valence-electron chi connectivity index (χ4n) is 5.77. The van der Waals surface area contributed by atoms with Crippen LogP contribution in [-0.4, -0.2) is 53.2 Å². The number of anilines is 1. The van der Waals surface area contributed by atoms with Crippen molar-refractivity contribution in [1.82, 2.24) is 15.2 Å². The van der Waals surface area contributed by atoms with Gasteiger partial charge in [-0.2, -0.15) is 0 Å². The molecule has 2 aromatic rings. The molecule has 1 aromatic carbocycles. The summed E-state index contributed by atoms with van der Waals surface area (Å²) >= 11 is 0. The molecule has 1 aliphatic carbocycles. The zero-order valence-electron chi connectivity index (χ0n) is 21.6. The molecule has 1 saturated heterocycles. The van der Waals surface area contributed by atoms with E-state index < -0.39 is 11.6 Å². The summed E-state index contributed by atoms with van der Waals surface area (Å²) in [6.45, 7) is 6.61. The molecule has 0 radical (unpaired) electrons. The van der Waals surface area contributed by atoms with Gasteiger partial charge in [0.1, 0.15) is 11.4 Å². The smallest absolute Gasteiger partial charge is 0.410 e. The molecule has 9 heteroatoms. The Balaban J connectivity index is 1.53. The number of aromatic nitrogens is 1. The number of carbonyl (C=O) groups excluding carboxylic acids is 3. The lowest BCUT2D eigenvalue weighted by Gasteiger charge is -2.46. The van der Waals surface area contributed by atoms with Gasteiger partial charge in [-0.1, -0.05) is 25.3 Å². The Hall–Kier alpha value is -3.49. The molecule has 3 heterocycles. The largest absolute Gasteiger partial charge is 0.444 e. The normalized spacial score (nSPS) is 20.2. The summed E-state index contributed by atoms with van der Waals surface area (Å²) in [5, 5.41) is 2.62. The lowest BCUT2D eigenvalue weighted by atomic mass is 9.65. The van der Waals surface area contributed by atoms with Gasteiger partial charge < -0.3 is 9.64 Å². The topological polar surface area (TPSA) is 91.8 Å². The third-order valence-corrected chi connectivity index (χ3v) is 7.48. The number of nitrogens with zero attached hydrogens (tertiary/aromatic N) is 3. The molecule has 8 nitrogen and oxygen atoms in total. The van der Waals surface area contributed by atoms with Gasteiger partial charge in [-0.3, -0.25) is 20.0 Å². The highest BCUT2D eigenvalue weighted by molar-refractivity contribution is 6.06. The third kappa shape index (κ3) is 4.91. The quantitative estimate of drug-likeness (QED) is 0.586. The molecule has 196 valence electrons. The number of amides is 4. The maximum atomic E-state index is 16.2. The average molecular weight is 509 g/mol. The Morgan fingerprint density at radius 3 is 2.62 bits per heavy atom. The molecule has 5 rings (SSSR count). The Labute approximate surface area is 215 Å². The van der Waals surface area contributed by atoms with E-state index in [-0.39, 0.29) is 36.2 Å². The summed E-state index contributed by atoms with van der Waals surface area (Å²) in [7, 11) is 0. The van der Waals surface area contributed by atoms with E-state index in [2.05, 4.69) is 10.3 Å². The van der Waals surface area contributed by atoms with Crippen molar-refractivity contribution in [3.8, 4) is 0 Å². The number of hydrogen-bond donors (Lipinski definition) is 1. The Morgan fingerprint density at radius 1 is 1.16 bits per heavy atom.